The van der Waals surface area contributed by atoms with Gasteiger partial charge < -0.3 is 9.80 Å². The van der Waals surface area contributed by atoms with Crippen LogP contribution in [0.4, 0.5) is 5.13 Å². The van der Waals surface area contributed by atoms with Crippen molar-refractivity contribution in [1.29, 1.82) is 0 Å². The van der Waals surface area contributed by atoms with Gasteiger partial charge in [0.2, 0.25) is 5.13 Å². The van der Waals surface area contributed by atoms with Crippen LogP contribution in [0.25, 0.3) is 21.7 Å². The van der Waals surface area contributed by atoms with Gasteiger partial charge in [0, 0.05) is 50.6 Å². The molecule has 0 spiro atoms. The maximum Gasteiger partial charge on any atom is 0.208 e. The fourth-order valence-corrected chi connectivity index (χ4v) is 5.50. The largest absolute Gasteiger partial charge is 0.346 e. The lowest BCUT2D eigenvalue weighted by Crippen LogP contribution is -2.26. The molecule has 2 aliphatic heterocycles. The van der Waals surface area contributed by atoms with Gasteiger partial charge in [0.05, 0.1) is 11.2 Å². The summed E-state index contributed by atoms with van der Waals surface area (Å²) in [7, 11) is 4.12. The molecule has 0 radical (unpaired) electrons. The standard InChI is InChI=1S/C19H21ClN6S/c1-24-7-14-10-26(11-15(14)8-24)19-23-22-18(27-19)16-4-3-12(5-17(16)20)13-6-21-25(2)9-13/h3-6,9,14-15H,7-8,10-11H2,1-2H3/t14-,15+. The highest BCUT2D eigenvalue weighted by molar-refractivity contribution is 7.18. The number of nitrogens with zero attached hydrogens (tertiary/aromatic N) is 6. The number of fused-ring (bicyclic) bond motifs is 1. The summed E-state index contributed by atoms with van der Waals surface area (Å²) in [4.78, 5) is 4.82. The molecule has 6 nitrogen and oxygen atoms in total. The summed E-state index contributed by atoms with van der Waals surface area (Å²) in [6.07, 6.45) is 3.83. The summed E-state index contributed by atoms with van der Waals surface area (Å²) in [5, 5.41) is 15.7. The second-order valence-electron chi connectivity index (χ2n) is 7.63. The van der Waals surface area contributed by atoms with E-state index in [0.29, 0.717) is 5.02 Å². The summed E-state index contributed by atoms with van der Waals surface area (Å²) < 4.78 is 1.79. The molecule has 8 heteroatoms. The predicted molar refractivity (Wildman–Crippen MR) is 109 cm³/mol. The van der Waals surface area contributed by atoms with Crippen molar-refractivity contribution >= 4 is 28.1 Å². The van der Waals surface area contributed by atoms with E-state index in [1.54, 1.807) is 16.0 Å². The van der Waals surface area contributed by atoms with Crippen LogP contribution in [0.5, 0.6) is 0 Å². The van der Waals surface area contributed by atoms with Gasteiger partial charge in [-0.15, -0.1) is 10.2 Å². The van der Waals surface area contributed by atoms with Crippen LogP contribution in [-0.2, 0) is 7.05 Å². The Morgan fingerprint density at radius 1 is 1.04 bits per heavy atom. The molecular formula is C19H21ClN6S. The number of halogens is 1. The molecule has 0 unspecified atom stereocenters. The van der Waals surface area contributed by atoms with E-state index < -0.39 is 0 Å². The van der Waals surface area contributed by atoms with Crippen molar-refractivity contribution in [2.24, 2.45) is 18.9 Å². The Kier molecular flexibility index (Phi) is 4.18. The minimum atomic E-state index is 0.693. The fourth-order valence-electron chi connectivity index (χ4n) is 4.27. The van der Waals surface area contributed by atoms with Crippen LogP contribution in [0, 0.1) is 11.8 Å². The Hall–Kier alpha value is -1.96. The Balaban J connectivity index is 1.37. The molecule has 0 saturated carbocycles. The second kappa shape index (κ2) is 6.58. The summed E-state index contributed by atoms with van der Waals surface area (Å²) in [6.45, 7) is 4.54. The van der Waals surface area contributed by atoms with Crippen LogP contribution in [0.2, 0.25) is 5.02 Å². The first-order valence-electron chi connectivity index (χ1n) is 9.13. The SMILES string of the molecule is CN1C[C@@H]2CN(c3nnc(-c4ccc(-c5cnn(C)c5)cc4Cl)s3)C[C@@H]2C1. The van der Waals surface area contributed by atoms with E-state index in [9.17, 15) is 0 Å². The number of hydrogen-bond acceptors (Lipinski definition) is 6. The van der Waals surface area contributed by atoms with Crippen LogP contribution < -0.4 is 4.90 Å². The molecule has 2 atom stereocenters. The molecule has 1 aromatic carbocycles. The molecule has 0 aliphatic carbocycles. The van der Waals surface area contributed by atoms with Crippen molar-refractivity contribution in [3.05, 3.63) is 35.6 Å². The van der Waals surface area contributed by atoms with Crippen molar-refractivity contribution < 1.29 is 0 Å². The summed E-state index contributed by atoms with van der Waals surface area (Å²) in [5.74, 6) is 1.51. The smallest absolute Gasteiger partial charge is 0.208 e. The highest BCUT2D eigenvalue weighted by Crippen LogP contribution is 2.39. The molecule has 27 heavy (non-hydrogen) atoms. The lowest BCUT2D eigenvalue weighted by molar-refractivity contribution is 0.387. The zero-order valence-corrected chi connectivity index (χ0v) is 16.9. The van der Waals surface area contributed by atoms with Gasteiger partial charge in [-0.2, -0.15) is 5.10 Å². The normalized spacial score (nSPS) is 22.6. The van der Waals surface area contributed by atoms with Crippen LogP contribution in [0.3, 0.4) is 0 Å². The van der Waals surface area contributed by atoms with Gasteiger partial charge in [0.15, 0.2) is 5.01 Å². The van der Waals surface area contributed by atoms with E-state index >= 15 is 0 Å². The highest BCUT2D eigenvalue weighted by atomic mass is 35.5. The quantitative estimate of drug-likeness (QED) is 0.675. The van der Waals surface area contributed by atoms with E-state index in [-0.39, 0.29) is 0 Å². The number of aryl methyl sites for hydroxylation is 1. The van der Waals surface area contributed by atoms with E-state index in [4.69, 9.17) is 11.6 Å². The molecule has 2 aliphatic rings. The Morgan fingerprint density at radius 3 is 2.48 bits per heavy atom. The monoisotopic (exact) mass is 400 g/mol. The number of hydrogen-bond donors (Lipinski definition) is 0. The number of benzene rings is 1. The van der Waals surface area contributed by atoms with E-state index in [2.05, 4.69) is 38.2 Å². The minimum Gasteiger partial charge on any atom is -0.346 e. The Bertz CT molecular complexity index is 968. The maximum atomic E-state index is 6.58. The van der Waals surface area contributed by atoms with E-state index in [1.165, 1.54) is 13.1 Å². The van der Waals surface area contributed by atoms with Crippen LogP contribution in [0.15, 0.2) is 30.6 Å². The number of aromatic nitrogens is 4. The van der Waals surface area contributed by atoms with Gasteiger partial charge in [0.25, 0.3) is 0 Å². The van der Waals surface area contributed by atoms with Crippen molar-refractivity contribution in [2.75, 3.05) is 38.1 Å². The lowest BCUT2D eigenvalue weighted by atomic mass is 10.0. The number of rotatable bonds is 3. The van der Waals surface area contributed by atoms with E-state index in [0.717, 1.165) is 51.8 Å². The molecule has 5 rings (SSSR count). The van der Waals surface area contributed by atoms with Gasteiger partial charge in [-0.05, 0) is 36.6 Å². The van der Waals surface area contributed by atoms with Gasteiger partial charge in [-0.1, -0.05) is 29.0 Å². The molecule has 2 aromatic heterocycles. The van der Waals surface area contributed by atoms with Crippen molar-refractivity contribution in [2.45, 2.75) is 0 Å². The van der Waals surface area contributed by atoms with Gasteiger partial charge >= 0.3 is 0 Å². The topological polar surface area (TPSA) is 50.1 Å². The first kappa shape index (κ1) is 17.2. The second-order valence-corrected chi connectivity index (χ2v) is 9.00. The van der Waals surface area contributed by atoms with Crippen LogP contribution >= 0.6 is 22.9 Å². The van der Waals surface area contributed by atoms with Crippen molar-refractivity contribution in [3.8, 4) is 21.7 Å². The zero-order valence-electron chi connectivity index (χ0n) is 15.3. The molecule has 0 N–H and O–H groups in total. The minimum absolute atomic E-state index is 0.693. The highest BCUT2D eigenvalue weighted by Gasteiger charge is 2.39. The first-order valence-corrected chi connectivity index (χ1v) is 10.3. The van der Waals surface area contributed by atoms with Gasteiger partial charge in [-0.25, -0.2) is 0 Å². The molecule has 0 amide bonds. The number of likely N-dealkylation sites (tertiary alicyclic amines) is 1. The van der Waals surface area contributed by atoms with Crippen molar-refractivity contribution in [3.63, 3.8) is 0 Å². The first-order chi connectivity index (χ1) is 13.1. The zero-order chi connectivity index (χ0) is 18.5. The molecule has 2 saturated heterocycles. The third-order valence-electron chi connectivity index (χ3n) is 5.59. The molecule has 2 fully saturated rings. The summed E-state index contributed by atoms with van der Waals surface area (Å²) >= 11 is 8.21. The number of anilines is 1. The lowest BCUT2D eigenvalue weighted by Gasteiger charge is -2.17. The third kappa shape index (κ3) is 3.13. The van der Waals surface area contributed by atoms with Crippen LogP contribution in [-0.4, -0.2) is 58.1 Å². The average Bonchev–Trinajstić information content (AvgIpc) is 3.37. The van der Waals surface area contributed by atoms with Crippen LogP contribution in [0.1, 0.15) is 0 Å². The van der Waals surface area contributed by atoms with Gasteiger partial charge in [0.1, 0.15) is 0 Å². The summed E-state index contributed by atoms with van der Waals surface area (Å²) in [6, 6.07) is 6.07. The van der Waals surface area contributed by atoms with E-state index in [1.807, 2.05) is 31.6 Å². The fraction of sp³-hybridized carbons (Fsp3) is 0.421. The van der Waals surface area contributed by atoms with Crippen molar-refractivity contribution in [1.82, 2.24) is 24.9 Å². The molecule has 4 heterocycles. The molecular weight excluding hydrogens is 380 g/mol. The maximum absolute atomic E-state index is 6.58. The average molecular weight is 401 g/mol. The Morgan fingerprint density at radius 2 is 1.81 bits per heavy atom. The van der Waals surface area contributed by atoms with Gasteiger partial charge in [-0.3, -0.25) is 4.68 Å². The molecule has 140 valence electrons. The third-order valence-corrected chi connectivity index (χ3v) is 6.92. The molecule has 3 aromatic rings. The molecule has 0 bridgehead atoms. The Labute approximate surface area is 167 Å². The predicted octanol–water partition coefficient (Wildman–Crippen LogP) is 3.26. The summed E-state index contributed by atoms with van der Waals surface area (Å²) in [5.41, 5.74) is 3.04.